The molecule has 3 rings (SSSR count). The van der Waals surface area contributed by atoms with Crippen LogP contribution in [-0.2, 0) is 4.79 Å². The molecule has 0 saturated carbocycles. The molecule has 2 heterocycles. The van der Waals surface area contributed by atoms with Gasteiger partial charge in [-0.2, -0.15) is 0 Å². The molecule has 0 aromatic heterocycles. The van der Waals surface area contributed by atoms with Gasteiger partial charge < -0.3 is 15.3 Å². The van der Waals surface area contributed by atoms with E-state index in [2.05, 4.69) is 46.3 Å². The molecule has 2 aliphatic heterocycles. The fourth-order valence-electron chi connectivity index (χ4n) is 4.07. The van der Waals surface area contributed by atoms with E-state index in [-0.39, 0.29) is 11.9 Å². The zero-order valence-corrected chi connectivity index (χ0v) is 16.2. The van der Waals surface area contributed by atoms with Crippen LogP contribution in [0.4, 0.5) is 0 Å². The zero-order valence-electron chi connectivity index (χ0n) is 16.2. The molecule has 0 unspecified atom stereocenters. The van der Waals surface area contributed by atoms with Crippen molar-refractivity contribution in [2.45, 2.75) is 51.2 Å². The van der Waals surface area contributed by atoms with Crippen LogP contribution in [0.1, 0.15) is 49.8 Å². The third-order valence-electron chi connectivity index (χ3n) is 5.83. The number of aryl methyl sites for hydroxylation is 1. The molecule has 1 aromatic rings. The van der Waals surface area contributed by atoms with Gasteiger partial charge in [0.25, 0.3) is 0 Å². The van der Waals surface area contributed by atoms with Gasteiger partial charge in [0.15, 0.2) is 0 Å². The molecule has 2 aliphatic rings. The minimum Gasteiger partial charge on any atom is -0.388 e. The van der Waals surface area contributed by atoms with Crippen LogP contribution in [-0.4, -0.2) is 65.7 Å². The second-order valence-corrected chi connectivity index (χ2v) is 8.18. The van der Waals surface area contributed by atoms with Crippen molar-refractivity contribution < 1.29 is 9.90 Å². The lowest BCUT2D eigenvalue weighted by atomic mass is 9.91. The minimum absolute atomic E-state index is 0.0139. The number of benzene rings is 1. The quantitative estimate of drug-likeness (QED) is 0.817. The molecule has 0 aliphatic carbocycles. The molecular formula is C21H33N3O2. The highest BCUT2D eigenvalue weighted by atomic mass is 16.3. The Labute approximate surface area is 157 Å². The van der Waals surface area contributed by atoms with Crippen molar-refractivity contribution in [2.24, 2.45) is 0 Å². The van der Waals surface area contributed by atoms with Crippen LogP contribution in [0.15, 0.2) is 24.3 Å². The number of piperidine rings is 1. The van der Waals surface area contributed by atoms with E-state index in [1.54, 1.807) is 0 Å². The Kier molecular flexibility index (Phi) is 6.33. The average Bonchev–Trinajstić information content (AvgIpc) is 3.10. The van der Waals surface area contributed by atoms with E-state index < -0.39 is 5.60 Å². The van der Waals surface area contributed by atoms with Crippen LogP contribution in [0.3, 0.4) is 0 Å². The van der Waals surface area contributed by atoms with Crippen molar-refractivity contribution in [1.82, 2.24) is 15.1 Å². The SMILES string of the molecule is Cc1ccc([C@@H](C)NC(=O)CN2CCC(O)(CN3CCCC3)CC2)cc1. The standard InChI is InChI=1S/C21H33N3O2/c1-17-5-7-19(8-6-17)18(2)22-20(25)15-23-13-9-21(26,10-14-23)16-24-11-3-4-12-24/h5-8,18,26H,3-4,9-16H2,1-2H3,(H,22,25)/t18-/m1/s1. The Morgan fingerprint density at radius 3 is 2.35 bits per heavy atom. The molecule has 1 amide bonds. The molecule has 2 saturated heterocycles. The number of amides is 1. The normalized spacial score (nSPS) is 22.3. The minimum atomic E-state index is -0.577. The zero-order chi connectivity index (χ0) is 18.6. The highest BCUT2D eigenvalue weighted by Gasteiger charge is 2.35. The Bertz CT molecular complexity index is 588. The van der Waals surface area contributed by atoms with Crippen LogP contribution in [0, 0.1) is 6.92 Å². The first-order valence-corrected chi connectivity index (χ1v) is 9.97. The summed E-state index contributed by atoms with van der Waals surface area (Å²) in [6.45, 7) is 9.10. The second-order valence-electron chi connectivity index (χ2n) is 8.18. The Balaban J connectivity index is 1.42. The summed E-state index contributed by atoms with van der Waals surface area (Å²) in [5, 5.41) is 13.9. The van der Waals surface area contributed by atoms with Crippen molar-refractivity contribution in [1.29, 1.82) is 0 Å². The number of rotatable bonds is 6. The van der Waals surface area contributed by atoms with E-state index in [1.165, 1.54) is 18.4 Å². The van der Waals surface area contributed by atoms with Gasteiger partial charge >= 0.3 is 0 Å². The number of aliphatic hydroxyl groups is 1. The summed E-state index contributed by atoms with van der Waals surface area (Å²) in [4.78, 5) is 16.9. The van der Waals surface area contributed by atoms with Crippen LogP contribution < -0.4 is 5.32 Å². The molecule has 2 N–H and O–H groups in total. The van der Waals surface area contributed by atoms with E-state index in [4.69, 9.17) is 0 Å². The predicted molar refractivity (Wildman–Crippen MR) is 104 cm³/mol. The van der Waals surface area contributed by atoms with Gasteiger partial charge in [0.2, 0.25) is 5.91 Å². The maximum Gasteiger partial charge on any atom is 0.234 e. The van der Waals surface area contributed by atoms with E-state index >= 15 is 0 Å². The number of hydrogen-bond donors (Lipinski definition) is 2. The molecule has 26 heavy (non-hydrogen) atoms. The first-order valence-electron chi connectivity index (χ1n) is 9.97. The van der Waals surface area contributed by atoms with Crippen LogP contribution in [0.5, 0.6) is 0 Å². The lowest BCUT2D eigenvalue weighted by molar-refractivity contribution is -0.124. The van der Waals surface area contributed by atoms with Gasteiger partial charge in [0.1, 0.15) is 0 Å². The van der Waals surface area contributed by atoms with Crippen LogP contribution >= 0.6 is 0 Å². The highest BCUT2D eigenvalue weighted by molar-refractivity contribution is 5.78. The van der Waals surface area contributed by atoms with Crippen molar-refractivity contribution in [3.63, 3.8) is 0 Å². The number of nitrogens with one attached hydrogen (secondary N) is 1. The first-order chi connectivity index (χ1) is 12.4. The molecule has 0 radical (unpaired) electrons. The Morgan fingerprint density at radius 2 is 1.73 bits per heavy atom. The Morgan fingerprint density at radius 1 is 1.12 bits per heavy atom. The fourth-order valence-corrected chi connectivity index (χ4v) is 4.07. The van der Waals surface area contributed by atoms with Crippen molar-refractivity contribution in [3.05, 3.63) is 35.4 Å². The second kappa shape index (κ2) is 8.51. The molecule has 5 heteroatoms. The summed E-state index contributed by atoms with van der Waals surface area (Å²) < 4.78 is 0. The molecule has 144 valence electrons. The van der Waals surface area contributed by atoms with E-state index in [0.717, 1.165) is 51.1 Å². The van der Waals surface area contributed by atoms with Crippen molar-refractivity contribution >= 4 is 5.91 Å². The third kappa shape index (κ3) is 5.29. The Hall–Kier alpha value is -1.43. The average molecular weight is 360 g/mol. The molecule has 5 nitrogen and oxygen atoms in total. The lowest BCUT2D eigenvalue weighted by Crippen LogP contribution is -2.52. The maximum atomic E-state index is 12.4. The summed E-state index contributed by atoms with van der Waals surface area (Å²) in [7, 11) is 0. The topological polar surface area (TPSA) is 55.8 Å². The lowest BCUT2D eigenvalue weighted by Gasteiger charge is -2.40. The number of carbonyl (C=O) groups is 1. The van der Waals surface area contributed by atoms with Gasteiger partial charge in [-0.3, -0.25) is 9.69 Å². The van der Waals surface area contributed by atoms with Crippen LogP contribution in [0.25, 0.3) is 0 Å². The summed E-state index contributed by atoms with van der Waals surface area (Å²) >= 11 is 0. The molecule has 2 fully saturated rings. The first kappa shape index (κ1) is 19.3. The predicted octanol–water partition coefficient (Wildman–Crippen LogP) is 2.09. The summed E-state index contributed by atoms with van der Waals surface area (Å²) in [5.41, 5.74) is 1.77. The molecule has 0 bridgehead atoms. The third-order valence-corrected chi connectivity index (χ3v) is 5.83. The number of β-amino-alcohol motifs (C(OH)–C–C–N with tert-alkyl or cyclic N) is 1. The van der Waals surface area contributed by atoms with Crippen LogP contribution in [0.2, 0.25) is 0 Å². The van der Waals surface area contributed by atoms with Gasteiger partial charge in [0, 0.05) is 19.6 Å². The fraction of sp³-hybridized carbons (Fsp3) is 0.667. The van der Waals surface area contributed by atoms with Gasteiger partial charge in [-0.05, 0) is 58.2 Å². The summed E-state index contributed by atoms with van der Waals surface area (Å²) in [6, 6.07) is 8.30. The number of likely N-dealkylation sites (tertiary alicyclic amines) is 2. The molecule has 0 spiro atoms. The van der Waals surface area contributed by atoms with Gasteiger partial charge in [-0.25, -0.2) is 0 Å². The van der Waals surface area contributed by atoms with E-state index in [0.29, 0.717) is 6.54 Å². The van der Waals surface area contributed by atoms with Gasteiger partial charge in [0.05, 0.1) is 18.2 Å². The van der Waals surface area contributed by atoms with Gasteiger partial charge in [-0.1, -0.05) is 29.8 Å². The maximum absolute atomic E-state index is 12.4. The summed E-state index contributed by atoms with van der Waals surface area (Å²) in [5.74, 6) is 0.0584. The summed E-state index contributed by atoms with van der Waals surface area (Å²) in [6.07, 6.45) is 4.01. The van der Waals surface area contributed by atoms with Crippen molar-refractivity contribution in [2.75, 3.05) is 39.3 Å². The van der Waals surface area contributed by atoms with Crippen molar-refractivity contribution in [3.8, 4) is 0 Å². The monoisotopic (exact) mass is 359 g/mol. The highest BCUT2D eigenvalue weighted by Crippen LogP contribution is 2.25. The number of carbonyl (C=O) groups excluding carboxylic acids is 1. The number of nitrogens with zero attached hydrogens (tertiary/aromatic N) is 2. The molecule has 1 aromatic carbocycles. The number of hydrogen-bond acceptors (Lipinski definition) is 4. The smallest absolute Gasteiger partial charge is 0.234 e. The molecular weight excluding hydrogens is 326 g/mol. The van der Waals surface area contributed by atoms with Gasteiger partial charge in [-0.15, -0.1) is 0 Å². The van der Waals surface area contributed by atoms with E-state index in [1.807, 2.05) is 6.92 Å². The largest absolute Gasteiger partial charge is 0.388 e. The van der Waals surface area contributed by atoms with E-state index in [9.17, 15) is 9.90 Å². The molecule has 1 atom stereocenters.